The van der Waals surface area contributed by atoms with Gasteiger partial charge in [-0.05, 0) is 37.6 Å². The highest BCUT2D eigenvalue weighted by atomic mass is 127. The summed E-state index contributed by atoms with van der Waals surface area (Å²) < 4.78 is 36.9. The number of nitrogens with one attached hydrogen (secondary N) is 2. The Labute approximate surface area is 201 Å². The SMILES string of the molecule is CCN=C(Nc1ccc2c(c1)OCCCO2)NC(CC)CS(=O)(=O)c1ccccc1.I. The fourth-order valence-electron chi connectivity index (χ4n) is 3.10. The molecule has 2 aromatic carbocycles. The highest BCUT2D eigenvalue weighted by molar-refractivity contribution is 14.0. The summed E-state index contributed by atoms with van der Waals surface area (Å²) in [6, 6.07) is 13.9. The zero-order chi connectivity index (χ0) is 21.4. The molecule has 3 rings (SSSR count). The van der Waals surface area contributed by atoms with Crippen molar-refractivity contribution in [3.8, 4) is 11.5 Å². The number of benzene rings is 2. The van der Waals surface area contributed by atoms with Crippen LogP contribution in [-0.4, -0.2) is 45.9 Å². The fraction of sp³-hybridized carbons (Fsp3) is 0.409. The number of anilines is 1. The molecule has 0 radical (unpaired) electrons. The average molecular weight is 559 g/mol. The molecular formula is C22H30IN3O4S. The number of sulfone groups is 1. The first-order valence-electron chi connectivity index (χ1n) is 10.3. The summed E-state index contributed by atoms with van der Waals surface area (Å²) in [5.41, 5.74) is 0.791. The molecule has 0 saturated carbocycles. The molecule has 1 heterocycles. The van der Waals surface area contributed by atoms with E-state index in [1.165, 1.54) is 0 Å². The number of guanidine groups is 1. The Bertz CT molecular complexity index is 968. The Kier molecular flexibility index (Phi) is 9.89. The molecule has 9 heteroatoms. The third kappa shape index (κ3) is 7.27. The van der Waals surface area contributed by atoms with Gasteiger partial charge in [0.2, 0.25) is 0 Å². The molecule has 170 valence electrons. The van der Waals surface area contributed by atoms with Gasteiger partial charge in [-0.1, -0.05) is 25.1 Å². The molecule has 0 aromatic heterocycles. The van der Waals surface area contributed by atoms with Crippen LogP contribution in [-0.2, 0) is 9.84 Å². The summed E-state index contributed by atoms with van der Waals surface area (Å²) in [7, 11) is -3.40. The number of ether oxygens (including phenoxy) is 2. The number of rotatable bonds is 7. The van der Waals surface area contributed by atoms with E-state index in [-0.39, 0.29) is 35.8 Å². The van der Waals surface area contributed by atoms with Crippen LogP contribution in [0.5, 0.6) is 11.5 Å². The first-order valence-corrected chi connectivity index (χ1v) is 11.9. The Balaban J connectivity index is 0.00000341. The number of aliphatic imine (C=N–C) groups is 1. The molecule has 1 unspecified atom stereocenters. The Morgan fingerprint density at radius 2 is 1.77 bits per heavy atom. The maximum atomic E-state index is 12.8. The van der Waals surface area contributed by atoms with Crippen molar-refractivity contribution in [2.75, 3.05) is 30.8 Å². The summed E-state index contributed by atoms with van der Waals surface area (Å²) >= 11 is 0. The summed E-state index contributed by atoms with van der Waals surface area (Å²) in [4.78, 5) is 4.80. The number of fused-ring (bicyclic) bond motifs is 1. The number of halogens is 1. The van der Waals surface area contributed by atoms with E-state index in [1.807, 2.05) is 32.0 Å². The molecule has 2 aromatic rings. The highest BCUT2D eigenvalue weighted by Gasteiger charge is 2.21. The van der Waals surface area contributed by atoms with Crippen LogP contribution in [0.1, 0.15) is 26.7 Å². The van der Waals surface area contributed by atoms with E-state index in [9.17, 15) is 8.42 Å². The molecule has 1 aliphatic heterocycles. The summed E-state index contributed by atoms with van der Waals surface area (Å²) in [5, 5.41) is 6.51. The van der Waals surface area contributed by atoms with Crippen molar-refractivity contribution in [1.82, 2.24) is 5.32 Å². The van der Waals surface area contributed by atoms with Gasteiger partial charge < -0.3 is 20.1 Å². The van der Waals surface area contributed by atoms with Gasteiger partial charge in [-0.2, -0.15) is 0 Å². The maximum absolute atomic E-state index is 12.8. The van der Waals surface area contributed by atoms with Crippen LogP contribution >= 0.6 is 24.0 Å². The Morgan fingerprint density at radius 3 is 2.45 bits per heavy atom. The monoisotopic (exact) mass is 559 g/mol. The van der Waals surface area contributed by atoms with Crippen molar-refractivity contribution in [2.24, 2.45) is 4.99 Å². The van der Waals surface area contributed by atoms with E-state index in [4.69, 9.17) is 9.47 Å². The summed E-state index contributed by atoms with van der Waals surface area (Å²) in [5.74, 6) is 1.92. The van der Waals surface area contributed by atoms with Crippen molar-refractivity contribution in [1.29, 1.82) is 0 Å². The molecule has 31 heavy (non-hydrogen) atoms. The third-order valence-corrected chi connectivity index (χ3v) is 6.51. The van der Waals surface area contributed by atoms with E-state index in [1.54, 1.807) is 30.3 Å². The first-order chi connectivity index (χ1) is 14.5. The van der Waals surface area contributed by atoms with Gasteiger partial charge in [0.25, 0.3) is 0 Å². The second-order valence-corrected chi connectivity index (χ2v) is 9.04. The predicted molar refractivity (Wildman–Crippen MR) is 135 cm³/mol. The second-order valence-electron chi connectivity index (χ2n) is 7.00. The van der Waals surface area contributed by atoms with Crippen molar-refractivity contribution in [2.45, 2.75) is 37.6 Å². The molecular weight excluding hydrogens is 529 g/mol. The van der Waals surface area contributed by atoms with Gasteiger partial charge in [-0.25, -0.2) is 8.42 Å². The van der Waals surface area contributed by atoms with E-state index >= 15 is 0 Å². The van der Waals surface area contributed by atoms with Crippen LogP contribution in [0.4, 0.5) is 5.69 Å². The maximum Gasteiger partial charge on any atom is 0.196 e. The van der Waals surface area contributed by atoms with E-state index < -0.39 is 9.84 Å². The minimum absolute atomic E-state index is 0. The smallest absolute Gasteiger partial charge is 0.196 e. The van der Waals surface area contributed by atoms with Crippen LogP contribution in [0, 0.1) is 0 Å². The van der Waals surface area contributed by atoms with Gasteiger partial charge in [0.05, 0.1) is 23.9 Å². The van der Waals surface area contributed by atoms with Crippen LogP contribution in [0.3, 0.4) is 0 Å². The zero-order valence-electron chi connectivity index (χ0n) is 17.8. The van der Waals surface area contributed by atoms with Crippen LogP contribution in [0.2, 0.25) is 0 Å². The number of nitrogens with zero attached hydrogens (tertiary/aromatic N) is 1. The molecule has 0 bridgehead atoms. The highest BCUT2D eigenvalue weighted by Crippen LogP contribution is 2.32. The van der Waals surface area contributed by atoms with Gasteiger partial charge in [0.1, 0.15) is 0 Å². The average Bonchev–Trinajstić information content (AvgIpc) is 2.99. The van der Waals surface area contributed by atoms with Crippen molar-refractivity contribution in [3.63, 3.8) is 0 Å². The summed E-state index contributed by atoms with van der Waals surface area (Å²) in [6.07, 6.45) is 1.48. The van der Waals surface area contributed by atoms with Crippen LogP contribution in [0.25, 0.3) is 0 Å². The largest absolute Gasteiger partial charge is 0.490 e. The zero-order valence-corrected chi connectivity index (χ0v) is 21.0. The number of hydrogen-bond donors (Lipinski definition) is 2. The van der Waals surface area contributed by atoms with E-state index in [0.29, 0.717) is 42.8 Å². The molecule has 0 saturated heterocycles. The summed E-state index contributed by atoms with van der Waals surface area (Å²) in [6.45, 7) is 5.69. The molecule has 2 N–H and O–H groups in total. The van der Waals surface area contributed by atoms with Gasteiger partial charge >= 0.3 is 0 Å². The van der Waals surface area contributed by atoms with Crippen molar-refractivity contribution >= 4 is 45.5 Å². The fourth-order valence-corrected chi connectivity index (χ4v) is 4.71. The standard InChI is InChI=1S/C22H29N3O4S.HI/c1-3-17(16-30(26,27)19-9-6-5-7-10-19)24-22(23-4-2)25-18-11-12-20-21(15-18)29-14-8-13-28-20;/h5-7,9-12,15,17H,3-4,8,13-14,16H2,1-2H3,(H2,23,24,25);1H. The van der Waals surface area contributed by atoms with Crippen molar-refractivity contribution in [3.05, 3.63) is 48.5 Å². The van der Waals surface area contributed by atoms with Crippen LogP contribution in [0.15, 0.2) is 58.4 Å². The molecule has 0 amide bonds. The number of hydrogen-bond acceptors (Lipinski definition) is 5. The van der Waals surface area contributed by atoms with Crippen LogP contribution < -0.4 is 20.1 Å². The Morgan fingerprint density at radius 1 is 1.06 bits per heavy atom. The normalized spacial score (nSPS) is 14.7. The molecule has 0 aliphatic carbocycles. The minimum atomic E-state index is -3.40. The lowest BCUT2D eigenvalue weighted by molar-refractivity contribution is 0.297. The molecule has 1 atom stereocenters. The Hall–Kier alpha value is -2.01. The van der Waals surface area contributed by atoms with Gasteiger partial charge in [-0.15, -0.1) is 24.0 Å². The van der Waals surface area contributed by atoms with E-state index in [0.717, 1.165) is 17.9 Å². The quantitative estimate of drug-likeness (QED) is 0.302. The lowest BCUT2D eigenvalue weighted by Crippen LogP contribution is -2.42. The lowest BCUT2D eigenvalue weighted by atomic mass is 10.2. The molecule has 0 spiro atoms. The molecule has 0 fully saturated rings. The van der Waals surface area contributed by atoms with Gasteiger partial charge in [0.15, 0.2) is 27.3 Å². The van der Waals surface area contributed by atoms with Gasteiger partial charge in [-0.3, -0.25) is 4.99 Å². The first kappa shape index (κ1) is 25.3. The van der Waals surface area contributed by atoms with Crippen molar-refractivity contribution < 1.29 is 17.9 Å². The topological polar surface area (TPSA) is 89.0 Å². The predicted octanol–water partition coefficient (Wildman–Crippen LogP) is 4.10. The third-order valence-electron chi connectivity index (χ3n) is 4.68. The minimum Gasteiger partial charge on any atom is -0.490 e. The van der Waals surface area contributed by atoms with Gasteiger partial charge in [0, 0.05) is 30.8 Å². The lowest BCUT2D eigenvalue weighted by Gasteiger charge is -2.21. The van der Waals surface area contributed by atoms with E-state index in [2.05, 4.69) is 15.6 Å². The molecule has 1 aliphatic rings. The molecule has 7 nitrogen and oxygen atoms in total. The second kappa shape index (κ2) is 12.1.